The number of halogens is 1. The molecular formula is C22H36IN7O2. The Morgan fingerprint density at radius 3 is 2.66 bits per heavy atom. The largest absolute Gasteiger partial charge is 0.497 e. The van der Waals surface area contributed by atoms with Crippen molar-refractivity contribution in [2.24, 2.45) is 4.99 Å². The fourth-order valence-electron chi connectivity index (χ4n) is 3.50. The van der Waals surface area contributed by atoms with Crippen LogP contribution in [0.25, 0.3) is 0 Å². The summed E-state index contributed by atoms with van der Waals surface area (Å²) in [5.74, 6) is 2.65. The monoisotopic (exact) mass is 557 g/mol. The van der Waals surface area contributed by atoms with E-state index in [0.29, 0.717) is 12.6 Å². The number of aliphatic imine (C=N–C) groups is 1. The Morgan fingerprint density at radius 2 is 1.97 bits per heavy atom. The lowest BCUT2D eigenvalue weighted by Crippen LogP contribution is -2.49. The smallest absolute Gasteiger partial charge is 0.191 e. The fraction of sp³-hybridized carbons (Fsp3) is 0.591. The quantitative estimate of drug-likeness (QED) is 0.262. The molecule has 10 heteroatoms. The van der Waals surface area contributed by atoms with Crippen LogP contribution < -0.4 is 15.4 Å². The van der Waals surface area contributed by atoms with Gasteiger partial charge in [0.25, 0.3) is 0 Å². The van der Waals surface area contributed by atoms with Gasteiger partial charge in [-0.2, -0.15) is 0 Å². The van der Waals surface area contributed by atoms with Gasteiger partial charge in [-0.25, -0.2) is 4.99 Å². The van der Waals surface area contributed by atoms with E-state index in [-0.39, 0.29) is 24.0 Å². The van der Waals surface area contributed by atoms with Crippen LogP contribution in [0.1, 0.15) is 25.2 Å². The first kappa shape index (κ1) is 26.3. The van der Waals surface area contributed by atoms with E-state index in [1.54, 1.807) is 13.4 Å². The minimum absolute atomic E-state index is 0. The minimum Gasteiger partial charge on any atom is -0.497 e. The van der Waals surface area contributed by atoms with E-state index in [2.05, 4.69) is 44.1 Å². The van der Waals surface area contributed by atoms with Crippen molar-refractivity contribution in [3.63, 3.8) is 0 Å². The van der Waals surface area contributed by atoms with Crippen molar-refractivity contribution in [2.75, 3.05) is 46.5 Å². The number of nitrogens with one attached hydrogen (secondary N) is 2. The van der Waals surface area contributed by atoms with Gasteiger partial charge in [0.2, 0.25) is 0 Å². The number of hydrogen-bond acceptors (Lipinski definition) is 6. The van der Waals surface area contributed by atoms with Gasteiger partial charge in [0, 0.05) is 45.2 Å². The Morgan fingerprint density at radius 1 is 1.22 bits per heavy atom. The van der Waals surface area contributed by atoms with Crippen molar-refractivity contribution in [3.8, 4) is 5.75 Å². The maximum Gasteiger partial charge on any atom is 0.191 e. The maximum absolute atomic E-state index is 5.47. The molecule has 1 aliphatic heterocycles. The van der Waals surface area contributed by atoms with E-state index >= 15 is 0 Å². The summed E-state index contributed by atoms with van der Waals surface area (Å²) in [4.78, 5) is 7.24. The van der Waals surface area contributed by atoms with Gasteiger partial charge in [0.1, 0.15) is 17.9 Å². The second-order valence-corrected chi connectivity index (χ2v) is 7.61. The average molecular weight is 557 g/mol. The molecule has 0 bridgehead atoms. The number of methoxy groups -OCH3 is 1. The molecule has 2 heterocycles. The van der Waals surface area contributed by atoms with Gasteiger partial charge in [0.15, 0.2) is 5.96 Å². The van der Waals surface area contributed by atoms with E-state index in [0.717, 1.165) is 75.5 Å². The summed E-state index contributed by atoms with van der Waals surface area (Å²) in [5.41, 5.74) is 1.13. The van der Waals surface area contributed by atoms with Crippen molar-refractivity contribution in [3.05, 3.63) is 42.0 Å². The predicted octanol–water partition coefficient (Wildman–Crippen LogP) is 1.92. The maximum atomic E-state index is 5.47. The summed E-state index contributed by atoms with van der Waals surface area (Å²) < 4.78 is 12.8. The van der Waals surface area contributed by atoms with Crippen molar-refractivity contribution in [1.82, 2.24) is 30.3 Å². The number of nitrogens with zero attached hydrogens (tertiary/aromatic N) is 5. The second-order valence-electron chi connectivity index (χ2n) is 7.61. The molecule has 1 atom stereocenters. The summed E-state index contributed by atoms with van der Waals surface area (Å²) in [6.07, 6.45) is 2.65. The predicted molar refractivity (Wildman–Crippen MR) is 137 cm³/mol. The Hall–Kier alpha value is -1.92. The highest BCUT2D eigenvalue weighted by molar-refractivity contribution is 14.0. The highest BCUT2D eigenvalue weighted by Crippen LogP contribution is 2.12. The third kappa shape index (κ3) is 8.21. The van der Waals surface area contributed by atoms with Crippen LogP contribution in [0, 0.1) is 0 Å². The van der Waals surface area contributed by atoms with Gasteiger partial charge >= 0.3 is 0 Å². The molecule has 178 valence electrons. The highest BCUT2D eigenvalue weighted by Gasteiger charge is 2.17. The lowest BCUT2D eigenvalue weighted by Gasteiger charge is -2.32. The highest BCUT2D eigenvalue weighted by atomic mass is 127. The normalized spacial score (nSPS) is 15.7. The average Bonchev–Trinajstić information content (AvgIpc) is 3.28. The molecule has 0 spiro atoms. The molecule has 9 nitrogen and oxygen atoms in total. The molecule has 3 rings (SSSR count). The summed E-state index contributed by atoms with van der Waals surface area (Å²) in [6, 6.07) is 8.41. The van der Waals surface area contributed by atoms with Gasteiger partial charge in [0.05, 0.1) is 26.9 Å². The number of hydrogen-bond donors (Lipinski definition) is 2. The van der Waals surface area contributed by atoms with Crippen LogP contribution in [0.5, 0.6) is 5.75 Å². The van der Waals surface area contributed by atoms with E-state index in [1.807, 2.05) is 24.3 Å². The molecule has 0 aliphatic carbocycles. The Kier molecular flexibility index (Phi) is 11.7. The molecule has 1 aliphatic rings. The lowest BCUT2D eigenvalue weighted by atomic mass is 10.2. The second kappa shape index (κ2) is 14.3. The third-order valence-corrected chi connectivity index (χ3v) is 5.47. The number of ether oxygens (including phenoxy) is 2. The Bertz CT molecular complexity index is 807. The molecule has 1 unspecified atom stereocenters. The van der Waals surface area contributed by atoms with E-state index in [9.17, 15) is 0 Å². The molecule has 1 saturated heterocycles. The molecule has 0 saturated carbocycles. The fourth-order valence-corrected chi connectivity index (χ4v) is 3.50. The van der Waals surface area contributed by atoms with Crippen molar-refractivity contribution in [2.45, 2.75) is 39.4 Å². The number of benzene rings is 1. The van der Waals surface area contributed by atoms with Crippen LogP contribution in [0.2, 0.25) is 0 Å². The van der Waals surface area contributed by atoms with Crippen molar-refractivity contribution < 1.29 is 9.47 Å². The van der Waals surface area contributed by atoms with Gasteiger partial charge in [-0.1, -0.05) is 19.1 Å². The summed E-state index contributed by atoms with van der Waals surface area (Å²) in [7, 11) is 1.68. The summed E-state index contributed by atoms with van der Waals surface area (Å²) in [5, 5.41) is 15.1. The third-order valence-electron chi connectivity index (χ3n) is 5.47. The van der Waals surface area contributed by atoms with Crippen LogP contribution in [0.15, 0.2) is 35.6 Å². The van der Waals surface area contributed by atoms with Crippen molar-refractivity contribution in [1.29, 1.82) is 0 Å². The Labute approximate surface area is 208 Å². The van der Waals surface area contributed by atoms with E-state index in [4.69, 9.17) is 14.5 Å². The zero-order chi connectivity index (χ0) is 21.9. The molecular weight excluding hydrogens is 521 g/mol. The number of guanidine groups is 1. The van der Waals surface area contributed by atoms with Crippen LogP contribution in [-0.2, 0) is 24.2 Å². The zero-order valence-corrected chi connectivity index (χ0v) is 21.6. The van der Waals surface area contributed by atoms with Gasteiger partial charge < -0.3 is 24.7 Å². The number of aryl methyl sites for hydroxylation is 1. The standard InChI is InChI=1S/C22H35N7O2.HI/c1-4-21-27-26-17-29(21)10-9-23-22(24-15-18(2)28-11-13-31-14-12-28)25-16-19-5-7-20(30-3)8-6-19;/h5-8,17-18H,4,9-16H2,1-3H3,(H2,23,24,25);1H. The lowest BCUT2D eigenvalue weighted by molar-refractivity contribution is 0.0211. The van der Waals surface area contributed by atoms with Crippen LogP contribution >= 0.6 is 24.0 Å². The minimum atomic E-state index is 0. The molecule has 0 radical (unpaired) electrons. The topological polar surface area (TPSA) is 88.8 Å². The van der Waals surface area contributed by atoms with E-state index < -0.39 is 0 Å². The summed E-state index contributed by atoms with van der Waals surface area (Å²) in [6.45, 7) is 10.8. The molecule has 2 N–H and O–H groups in total. The molecule has 1 aromatic heterocycles. The van der Waals surface area contributed by atoms with Crippen LogP contribution in [-0.4, -0.2) is 78.2 Å². The number of morpholine rings is 1. The van der Waals surface area contributed by atoms with Crippen LogP contribution in [0.4, 0.5) is 0 Å². The number of rotatable bonds is 10. The van der Waals surface area contributed by atoms with E-state index in [1.165, 1.54) is 0 Å². The summed E-state index contributed by atoms with van der Waals surface area (Å²) >= 11 is 0. The van der Waals surface area contributed by atoms with Gasteiger partial charge in [-0.05, 0) is 24.6 Å². The van der Waals surface area contributed by atoms with Crippen molar-refractivity contribution >= 4 is 29.9 Å². The molecule has 32 heavy (non-hydrogen) atoms. The first-order valence-electron chi connectivity index (χ1n) is 11.0. The zero-order valence-electron chi connectivity index (χ0n) is 19.3. The molecule has 0 amide bonds. The first-order valence-corrected chi connectivity index (χ1v) is 11.0. The van der Waals surface area contributed by atoms with Gasteiger partial charge in [-0.3, -0.25) is 4.90 Å². The SMILES string of the molecule is CCc1nncn1CCNC(=NCc1ccc(OC)cc1)NCC(C)N1CCOCC1.I. The molecule has 1 aromatic carbocycles. The first-order chi connectivity index (χ1) is 15.2. The Balaban J connectivity index is 0.00000363. The molecule has 1 fully saturated rings. The molecule has 2 aromatic rings. The van der Waals surface area contributed by atoms with Gasteiger partial charge in [-0.15, -0.1) is 34.2 Å². The van der Waals surface area contributed by atoms with Crippen LogP contribution in [0.3, 0.4) is 0 Å². The number of aromatic nitrogens is 3.